The van der Waals surface area contributed by atoms with Crippen molar-refractivity contribution < 1.29 is 18.0 Å². The van der Waals surface area contributed by atoms with Crippen molar-refractivity contribution in [3.63, 3.8) is 0 Å². The minimum Gasteiger partial charge on any atom is -0.380 e. The van der Waals surface area contributed by atoms with E-state index in [-0.39, 0.29) is 0 Å². The predicted octanol–water partition coefficient (Wildman–Crippen LogP) is 3.63. The van der Waals surface area contributed by atoms with Gasteiger partial charge in [0.25, 0.3) is 0 Å². The molecule has 0 aliphatic carbocycles. The molecule has 0 saturated carbocycles. The molecule has 1 aliphatic rings. The Labute approximate surface area is 125 Å². The first-order valence-electron chi connectivity index (χ1n) is 8.15. The van der Waals surface area contributed by atoms with Crippen molar-refractivity contribution in [3.8, 4) is 0 Å². The van der Waals surface area contributed by atoms with Gasteiger partial charge in [-0.25, -0.2) is 0 Å². The first kappa shape index (κ1) is 18.1. The zero-order valence-electron chi connectivity index (χ0n) is 13.7. The van der Waals surface area contributed by atoms with E-state index in [1.165, 1.54) is 19.3 Å². The smallest absolute Gasteiger partial charge is 0.380 e. The van der Waals surface area contributed by atoms with Gasteiger partial charge in [-0.05, 0) is 40.0 Å². The topological polar surface area (TPSA) is 36.9 Å². The normalized spacial score (nSPS) is 18.0. The van der Waals surface area contributed by atoms with Gasteiger partial charge in [-0.3, -0.25) is 0 Å². The Balaban J connectivity index is 2.36. The first-order chi connectivity index (χ1) is 9.66. The molecule has 5 heteroatoms. The van der Waals surface area contributed by atoms with Gasteiger partial charge in [0.1, 0.15) is 0 Å². The lowest BCUT2D eigenvalue weighted by Crippen LogP contribution is -2.46. The van der Waals surface area contributed by atoms with Gasteiger partial charge in [0.2, 0.25) is 0 Å². The summed E-state index contributed by atoms with van der Waals surface area (Å²) < 4.78 is 23.0. The van der Waals surface area contributed by atoms with Gasteiger partial charge in [-0.2, -0.15) is 0 Å². The Morgan fingerprint density at radius 2 is 1.45 bits per heavy atom. The quantitative estimate of drug-likeness (QED) is 0.407. The molecule has 0 radical (unpaired) electrons. The molecule has 0 atom stereocenters. The van der Waals surface area contributed by atoms with Crippen LogP contribution in [-0.4, -0.2) is 41.8 Å². The molecule has 120 valence electrons. The van der Waals surface area contributed by atoms with Crippen molar-refractivity contribution >= 4 is 8.80 Å². The molecule has 1 aliphatic heterocycles. The van der Waals surface area contributed by atoms with Crippen LogP contribution in [-0.2, 0) is 18.0 Å². The average molecular weight is 305 g/mol. The Hall–Kier alpha value is 0.0569. The van der Waals surface area contributed by atoms with Crippen molar-refractivity contribution in [2.24, 2.45) is 5.41 Å². The van der Waals surface area contributed by atoms with E-state index in [4.69, 9.17) is 18.0 Å². The van der Waals surface area contributed by atoms with Crippen LogP contribution in [0.3, 0.4) is 0 Å². The molecule has 20 heavy (non-hydrogen) atoms. The third-order valence-corrected chi connectivity index (χ3v) is 7.25. The fraction of sp³-hybridized carbons (Fsp3) is 1.00. The van der Waals surface area contributed by atoms with Crippen LogP contribution < -0.4 is 0 Å². The van der Waals surface area contributed by atoms with Gasteiger partial charge in [-0.15, -0.1) is 0 Å². The van der Waals surface area contributed by atoms with Crippen LogP contribution in [0.15, 0.2) is 0 Å². The maximum atomic E-state index is 5.88. The van der Waals surface area contributed by atoms with Gasteiger partial charge >= 0.3 is 8.80 Å². The molecule has 1 heterocycles. The molecule has 0 bridgehead atoms. The molecule has 1 rings (SSSR count). The zero-order chi connectivity index (χ0) is 14.9. The first-order valence-corrected chi connectivity index (χ1v) is 10.1. The Morgan fingerprint density at radius 3 is 1.80 bits per heavy atom. The summed E-state index contributed by atoms with van der Waals surface area (Å²) in [5.74, 6) is 0. The summed E-state index contributed by atoms with van der Waals surface area (Å²) in [5.41, 5.74) is 0.451. The molecular weight excluding hydrogens is 272 g/mol. The number of rotatable bonds is 12. The summed E-state index contributed by atoms with van der Waals surface area (Å²) in [7, 11) is -2.43. The Kier molecular flexibility index (Phi) is 8.29. The second kappa shape index (κ2) is 9.15. The SMILES string of the molecule is CCO[Si](CCCCC1(CC)COC1)(OCC)OCC. The third-order valence-electron chi connectivity index (χ3n) is 4.10. The molecule has 0 unspecified atom stereocenters. The van der Waals surface area contributed by atoms with Crippen molar-refractivity contribution in [2.45, 2.75) is 59.4 Å². The van der Waals surface area contributed by atoms with Gasteiger partial charge in [0.15, 0.2) is 0 Å². The van der Waals surface area contributed by atoms with E-state index in [1.54, 1.807) is 0 Å². The summed E-state index contributed by atoms with van der Waals surface area (Å²) in [5, 5.41) is 0. The van der Waals surface area contributed by atoms with Crippen molar-refractivity contribution in [2.75, 3.05) is 33.0 Å². The van der Waals surface area contributed by atoms with E-state index < -0.39 is 8.80 Å². The summed E-state index contributed by atoms with van der Waals surface area (Å²) in [6.07, 6.45) is 4.80. The van der Waals surface area contributed by atoms with Crippen molar-refractivity contribution in [3.05, 3.63) is 0 Å². The van der Waals surface area contributed by atoms with E-state index in [0.29, 0.717) is 25.2 Å². The highest BCUT2D eigenvalue weighted by Gasteiger charge is 2.40. The molecular formula is C15H32O4Si. The second-order valence-electron chi connectivity index (χ2n) is 5.54. The number of hydrogen-bond donors (Lipinski definition) is 0. The molecule has 1 saturated heterocycles. The summed E-state index contributed by atoms with van der Waals surface area (Å²) in [6, 6.07) is 0.934. The molecule has 0 spiro atoms. The lowest BCUT2D eigenvalue weighted by molar-refractivity contribution is -0.120. The maximum Gasteiger partial charge on any atom is 0.500 e. The summed E-state index contributed by atoms with van der Waals surface area (Å²) in [6.45, 7) is 12.2. The van der Waals surface area contributed by atoms with E-state index >= 15 is 0 Å². The standard InChI is InChI=1S/C15H32O4Si/c1-5-15(13-16-14-15)11-9-10-12-20(17-6-2,18-7-3)19-8-4/h5-14H2,1-4H3. The highest BCUT2D eigenvalue weighted by molar-refractivity contribution is 6.60. The van der Waals surface area contributed by atoms with E-state index in [9.17, 15) is 0 Å². The number of ether oxygens (including phenoxy) is 1. The third kappa shape index (κ3) is 5.11. The van der Waals surface area contributed by atoms with Crippen molar-refractivity contribution in [1.29, 1.82) is 0 Å². The molecule has 0 aromatic rings. The van der Waals surface area contributed by atoms with Crippen LogP contribution in [0.4, 0.5) is 0 Å². The lowest BCUT2D eigenvalue weighted by Gasteiger charge is -2.41. The highest BCUT2D eigenvalue weighted by atomic mass is 28.4. The van der Waals surface area contributed by atoms with Crippen LogP contribution in [0, 0.1) is 5.41 Å². The number of hydrogen-bond acceptors (Lipinski definition) is 4. The summed E-state index contributed by atoms with van der Waals surface area (Å²) in [4.78, 5) is 0. The number of unbranched alkanes of at least 4 members (excludes halogenated alkanes) is 1. The molecule has 0 aromatic heterocycles. The monoisotopic (exact) mass is 304 g/mol. The Bertz CT molecular complexity index is 234. The van der Waals surface area contributed by atoms with E-state index in [0.717, 1.165) is 25.7 Å². The van der Waals surface area contributed by atoms with E-state index in [2.05, 4.69) is 6.92 Å². The molecule has 0 amide bonds. The van der Waals surface area contributed by atoms with Crippen LogP contribution >= 0.6 is 0 Å². The fourth-order valence-corrected chi connectivity index (χ4v) is 5.44. The molecule has 1 fully saturated rings. The minimum absolute atomic E-state index is 0.451. The van der Waals surface area contributed by atoms with Crippen molar-refractivity contribution in [1.82, 2.24) is 0 Å². The fourth-order valence-electron chi connectivity index (χ4n) is 2.76. The van der Waals surface area contributed by atoms with E-state index in [1.807, 2.05) is 20.8 Å². The average Bonchev–Trinajstić information content (AvgIpc) is 2.38. The maximum absolute atomic E-state index is 5.88. The zero-order valence-corrected chi connectivity index (χ0v) is 14.7. The predicted molar refractivity (Wildman–Crippen MR) is 82.8 cm³/mol. The molecule has 0 N–H and O–H groups in total. The van der Waals surface area contributed by atoms with Crippen LogP contribution in [0.2, 0.25) is 6.04 Å². The minimum atomic E-state index is -2.43. The Morgan fingerprint density at radius 1 is 0.900 bits per heavy atom. The van der Waals surface area contributed by atoms with Gasteiger partial charge in [-0.1, -0.05) is 13.3 Å². The van der Waals surface area contributed by atoms with Crippen LogP contribution in [0.1, 0.15) is 53.4 Å². The highest BCUT2D eigenvalue weighted by Crippen LogP contribution is 2.37. The molecule has 0 aromatic carbocycles. The van der Waals surface area contributed by atoms with Gasteiger partial charge < -0.3 is 18.0 Å². The van der Waals surface area contributed by atoms with Gasteiger partial charge in [0.05, 0.1) is 13.2 Å². The van der Waals surface area contributed by atoms with Crippen LogP contribution in [0.5, 0.6) is 0 Å². The van der Waals surface area contributed by atoms with Crippen LogP contribution in [0.25, 0.3) is 0 Å². The lowest BCUT2D eigenvalue weighted by atomic mass is 9.79. The summed E-state index contributed by atoms with van der Waals surface area (Å²) >= 11 is 0. The second-order valence-corrected chi connectivity index (χ2v) is 8.27. The largest absolute Gasteiger partial charge is 0.500 e. The van der Waals surface area contributed by atoms with Gasteiger partial charge in [0, 0.05) is 31.3 Å². The molecule has 4 nitrogen and oxygen atoms in total.